The van der Waals surface area contributed by atoms with Crippen LogP contribution in [-0.2, 0) is 0 Å². The van der Waals surface area contributed by atoms with Gasteiger partial charge >= 0.3 is 6.55 Å². The maximum atomic E-state index is 12.4. The highest BCUT2D eigenvalue weighted by molar-refractivity contribution is 6.03. The van der Waals surface area contributed by atoms with E-state index in [9.17, 15) is 18.4 Å². The van der Waals surface area contributed by atoms with E-state index in [2.05, 4.69) is 15.7 Å². The quantitative estimate of drug-likeness (QED) is 0.888. The third kappa shape index (κ3) is 4.35. The van der Waals surface area contributed by atoms with Crippen molar-refractivity contribution in [2.75, 3.05) is 5.32 Å². The molecule has 0 unspecified atom stereocenters. The minimum Gasteiger partial charge on any atom is -0.350 e. The highest BCUT2D eigenvalue weighted by atomic mass is 19.3. The molecule has 0 atom stereocenters. The second kappa shape index (κ2) is 6.99. The summed E-state index contributed by atoms with van der Waals surface area (Å²) < 4.78 is 25.2. The molecule has 0 fully saturated rings. The Morgan fingerprint density at radius 3 is 2.26 bits per heavy atom. The molecular weight excluding hydrogens is 306 g/mol. The molecule has 1 aromatic heterocycles. The summed E-state index contributed by atoms with van der Waals surface area (Å²) in [5.74, 6) is -0.822. The van der Waals surface area contributed by atoms with Gasteiger partial charge in [-0.2, -0.15) is 13.9 Å². The first kappa shape index (κ1) is 16.6. The van der Waals surface area contributed by atoms with Gasteiger partial charge in [-0.05, 0) is 44.2 Å². The van der Waals surface area contributed by atoms with Crippen molar-refractivity contribution in [1.29, 1.82) is 0 Å². The summed E-state index contributed by atoms with van der Waals surface area (Å²) in [7, 11) is 0. The Balaban J connectivity index is 2.02. The lowest BCUT2D eigenvalue weighted by Crippen LogP contribution is -2.30. The number of nitrogens with one attached hydrogen (secondary N) is 2. The Labute approximate surface area is 131 Å². The van der Waals surface area contributed by atoms with Crippen LogP contribution in [0.4, 0.5) is 14.5 Å². The molecule has 8 heteroatoms. The van der Waals surface area contributed by atoms with Crippen molar-refractivity contribution < 1.29 is 18.4 Å². The molecule has 0 bridgehead atoms. The minimum atomic E-state index is -2.80. The van der Waals surface area contributed by atoms with Crippen molar-refractivity contribution >= 4 is 17.5 Å². The van der Waals surface area contributed by atoms with Gasteiger partial charge in [0.05, 0.1) is 0 Å². The number of hydrogen-bond acceptors (Lipinski definition) is 3. The van der Waals surface area contributed by atoms with Crippen LogP contribution in [0.1, 0.15) is 41.2 Å². The number of halogens is 2. The number of hydrogen-bond donors (Lipinski definition) is 2. The normalized spacial score (nSPS) is 10.9. The maximum absolute atomic E-state index is 12.4. The zero-order chi connectivity index (χ0) is 17.0. The first-order valence-electron chi connectivity index (χ1n) is 6.92. The van der Waals surface area contributed by atoms with Crippen LogP contribution in [0.2, 0.25) is 0 Å². The molecule has 0 aliphatic rings. The zero-order valence-corrected chi connectivity index (χ0v) is 12.6. The Morgan fingerprint density at radius 1 is 1.09 bits per heavy atom. The molecule has 1 heterocycles. The predicted octanol–water partition coefficient (Wildman–Crippen LogP) is 2.67. The predicted molar refractivity (Wildman–Crippen MR) is 80.5 cm³/mol. The van der Waals surface area contributed by atoms with E-state index in [4.69, 9.17) is 0 Å². The average Bonchev–Trinajstić information content (AvgIpc) is 2.97. The van der Waals surface area contributed by atoms with E-state index < -0.39 is 12.5 Å². The van der Waals surface area contributed by atoms with Crippen LogP contribution in [0.25, 0.3) is 0 Å². The van der Waals surface area contributed by atoms with Crippen molar-refractivity contribution in [3.63, 3.8) is 0 Å². The van der Waals surface area contributed by atoms with E-state index in [1.165, 1.54) is 6.07 Å². The van der Waals surface area contributed by atoms with Crippen molar-refractivity contribution in [3.8, 4) is 0 Å². The van der Waals surface area contributed by atoms with Gasteiger partial charge in [0, 0.05) is 23.5 Å². The number of rotatable bonds is 5. The lowest BCUT2D eigenvalue weighted by molar-refractivity contribution is 0.0561. The van der Waals surface area contributed by atoms with Crippen LogP contribution >= 0.6 is 0 Å². The summed E-state index contributed by atoms with van der Waals surface area (Å²) in [4.78, 5) is 23.7. The van der Waals surface area contributed by atoms with Gasteiger partial charge in [-0.25, -0.2) is 4.68 Å². The van der Waals surface area contributed by atoms with Gasteiger partial charge in [-0.3, -0.25) is 9.59 Å². The Bertz CT molecular complexity index is 696. The van der Waals surface area contributed by atoms with Crippen molar-refractivity contribution in [2.24, 2.45) is 0 Å². The monoisotopic (exact) mass is 322 g/mol. The molecule has 0 spiro atoms. The van der Waals surface area contributed by atoms with Gasteiger partial charge in [0.25, 0.3) is 11.8 Å². The largest absolute Gasteiger partial charge is 0.350 e. The minimum absolute atomic E-state index is 0.0202. The number of benzene rings is 1. The Morgan fingerprint density at radius 2 is 1.74 bits per heavy atom. The number of nitrogens with zero attached hydrogens (tertiary/aromatic N) is 2. The van der Waals surface area contributed by atoms with E-state index in [0.29, 0.717) is 15.9 Å². The van der Waals surface area contributed by atoms with Gasteiger partial charge in [-0.15, -0.1) is 0 Å². The topological polar surface area (TPSA) is 76.0 Å². The summed E-state index contributed by atoms with van der Waals surface area (Å²) in [6, 6.07) is 7.45. The third-order valence-corrected chi connectivity index (χ3v) is 2.87. The molecule has 2 N–H and O–H groups in total. The molecule has 0 saturated heterocycles. The van der Waals surface area contributed by atoms with Gasteiger partial charge in [0.1, 0.15) is 0 Å². The molecule has 0 aliphatic carbocycles. The van der Waals surface area contributed by atoms with Crippen molar-refractivity contribution in [2.45, 2.75) is 26.4 Å². The SMILES string of the molecule is CC(C)NC(=O)c1ccc(NC(=O)c2ccn(C(F)F)n2)cc1. The van der Waals surface area contributed by atoms with E-state index >= 15 is 0 Å². The highest BCUT2D eigenvalue weighted by Crippen LogP contribution is 2.13. The van der Waals surface area contributed by atoms with Crippen LogP contribution < -0.4 is 10.6 Å². The summed E-state index contributed by atoms with van der Waals surface area (Å²) in [6.07, 6.45) is 1.03. The molecule has 122 valence electrons. The molecule has 1 aromatic carbocycles. The molecule has 2 amide bonds. The molecule has 2 rings (SSSR count). The van der Waals surface area contributed by atoms with Crippen LogP contribution in [0.5, 0.6) is 0 Å². The molecule has 0 saturated carbocycles. The fraction of sp³-hybridized carbons (Fsp3) is 0.267. The molecule has 2 aromatic rings. The summed E-state index contributed by atoms with van der Waals surface area (Å²) in [6.45, 7) is 0.908. The third-order valence-electron chi connectivity index (χ3n) is 2.87. The van der Waals surface area contributed by atoms with Crippen molar-refractivity contribution in [1.82, 2.24) is 15.1 Å². The summed E-state index contributed by atoms with van der Waals surface area (Å²) in [5.41, 5.74) is 0.772. The van der Waals surface area contributed by atoms with E-state index in [1.807, 2.05) is 13.8 Å². The van der Waals surface area contributed by atoms with Gasteiger partial charge in [0.2, 0.25) is 0 Å². The molecular formula is C15H16F2N4O2. The van der Waals surface area contributed by atoms with Crippen LogP contribution in [-0.4, -0.2) is 27.6 Å². The number of alkyl halides is 2. The number of carbonyl (C=O) groups excluding carboxylic acids is 2. The molecule has 0 aliphatic heterocycles. The van der Waals surface area contributed by atoms with Gasteiger partial charge in [0.15, 0.2) is 5.69 Å². The average molecular weight is 322 g/mol. The van der Waals surface area contributed by atoms with Crippen LogP contribution in [0, 0.1) is 0 Å². The summed E-state index contributed by atoms with van der Waals surface area (Å²) >= 11 is 0. The number of carbonyl (C=O) groups is 2. The van der Waals surface area contributed by atoms with E-state index in [0.717, 1.165) is 6.20 Å². The first-order valence-corrected chi connectivity index (χ1v) is 6.92. The number of amides is 2. The summed E-state index contributed by atoms with van der Waals surface area (Å²) in [5, 5.41) is 8.75. The number of anilines is 1. The maximum Gasteiger partial charge on any atom is 0.333 e. The standard InChI is InChI=1S/C15H16F2N4O2/c1-9(2)18-13(22)10-3-5-11(6-4-10)19-14(23)12-7-8-21(20-12)15(16)17/h3-9,15H,1-2H3,(H,18,22)(H,19,23). The Kier molecular flexibility index (Phi) is 5.05. The number of aromatic nitrogens is 2. The first-order chi connectivity index (χ1) is 10.9. The van der Waals surface area contributed by atoms with E-state index in [1.54, 1.807) is 24.3 Å². The van der Waals surface area contributed by atoms with E-state index in [-0.39, 0.29) is 17.6 Å². The molecule has 23 heavy (non-hydrogen) atoms. The van der Waals surface area contributed by atoms with Gasteiger partial charge in [-0.1, -0.05) is 0 Å². The second-order valence-electron chi connectivity index (χ2n) is 5.12. The lowest BCUT2D eigenvalue weighted by Gasteiger charge is -2.09. The molecule has 0 radical (unpaired) electrons. The molecule has 6 nitrogen and oxygen atoms in total. The second-order valence-corrected chi connectivity index (χ2v) is 5.12. The fourth-order valence-electron chi connectivity index (χ4n) is 1.81. The van der Waals surface area contributed by atoms with Crippen LogP contribution in [0.15, 0.2) is 36.5 Å². The lowest BCUT2D eigenvalue weighted by atomic mass is 10.2. The highest BCUT2D eigenvalue weighted by Gasteiger charge is 2.14. The smallest absolute Gasteiger partial charge is 0.333 e. The van der Waals surface area contributed by atoms with Crippen molar-refractivity contribution in [3.05, 3.63) is 47.8 Å². The zero-order valence-electron chi connectivity index (χ0n) is 12.6. The Hall–Kier alpha value is -2.77. The van der Waals surface area contributed by atoms with Crippen LogP contribution in [0.3, 0.4) is 0 Å². The van der Waals surface area contributed by atoms with Gasteiger partial charge < -0.3 is 10.6 Å². The fourth-order valence-corrected chi connectivity index (χ4v) is 1.81.